The number of hydrogen-bond acceptors (Lipinski definition) is 5. The lowest BCUT2D eigenvalue weighted by Crippen LogP contribution is -2.30. The van der Waals surface area contributed by atoms with Crippen LogP contribution in [0.2, 0.25) is 0 Å². The Morgan fingerprint density at radius 2 is 0.609 bits per heavy atom. The number of allylic oxidation sites excluding steroid dienone is 2. The molecule has 0 spiro atoms. The molecule has 1 unspecified atom stereocenters. The number of esters is 2. The molecular weight excluding hydrogens is 789 g/mol. The molecule has 0 saturated heterocycles. The fraction of sp³-hybridized carbons (Fsp3) is 0.932. The van der Waals surface area contributed by atoms with Crippen molar-refractivity contribution in [2.45, 2.75) is 335 Å². The molecule has 0 aliphatic rings. The molecule has 0 saturated carbocycles. The monoisotopic (exact) mass is 903 g/mol. The topological polar surface area (TPSA) is 61.8 Å². The van der Waals surface area contributed by atoms with Crippen LogP contribution >= 0.6 is 0 Å². The fourth-order valence-corrected chi connectivity index (χ4v) is 8.92. The summed E-state index contributed by atoms with van der Waals surface area (Å²) in [6.07, 6.45) is 65.2. The summed E-state index contributed by atoms with van der Waals surface area (Å²) in [6.45, 7) is 7.90. The number of carbonyl (C=O) groups excluding carboxylic acids is 2. The van der Waals surface area contributed by atoms with Crippen LogP contribution in [-0.4, -0.2) is 37.9 Å². The predicted octanol–water partition coefficient (Wildman–Crippen LogP) is 19.8. The van der Waals surface area contributed by atoms with Crippen LogP contribution in [0.4, 0.5) is 0 Å². The molecule has 64 heavy (non-hydrogen) atoms. The number of hydrogen-bond donors (Lipinski definition) is 0. The molecule has 0 amide bonds. The Hall–Kier alpha value is -1.36. The average Bonchev–Trinajstić information content (AvgIpc) is 3.30. The van der Waals surface area contributed by atoms with Gasteiger partial charge in [-0.05, 0) is 44.9 Å². The molecule has 0 aliphatic heterocycles. The lowest BCUT2D eigenvalue weighted by atomic mass is 10.0. The second-order valence-corrected chi connectivity index (χ2v) is 19.9. The van der Waals surface area contributed by atoms with E-state index >= 15 is 0 Å². The van der Waals surface area contributed by atoms with Gasteiger partial charge in [-0.1, -0.05) is 283 Å². The van der Waals surface area contributed by atoms with E-state index in [0.29, 0.717) is 26.1 Å². The van der Waals surface area contributed by atoms with Crippen molar-refractivity contribution < 1.29 is 23.8 Å². The van der Waals surface area contributed by atoms with Gasteiger partial charge >= 0.3 is 11.9 Å². The molecular formula is C59H114O5. The first-order valence-electron chi connectivity index (χ1n) is 29.2. The zero-order valence-corrected chi connectivity index (χ0v) is 43.8. The largest absolute Gasteiger partial charge is 0.462 e. The molecule has 0 bridgehead atoms. The second-order valence-electron chi connectivity index (χ2n) is 19.9. The van der Waals surface area contributed by atoms with Gasteiger partial charge in [0.25, 0.3) is 0 Å². The van der Waals surface area contributed by atoms with E-state index < -0.39 is 6.10 Å². The maximum Gasteiger partial charge on any atom is 0.306 e. The highest BCUT2D eigenvalue weighted by atomic mass is 16.6. The first kappa shape index (κ1) is 62.6. The van der Waals surface area contributed by atoms with Crippen LogP contribution in [0.5, 0.6) is 0 Å². The van der Waals surface area contributed by atoms with Gasteiger partial charge in [0.05, 0.1) is 6.61 Å². The van der Waals surface area contributed by atoms with Crippen molar-refractivity contribution in [1.82, 2.24) is 0 Å². The molecule has 0 radical (unpaired) electrons. The summed E-state index contributed by atoms with van der Waals surface area (Å²) in [4.78, 5) is 25.5. The normalized spacial score (nSPS) is 12.1. The highest BCUT2D eigenvalue weighted by Gasteiger charge is 2.17. The van der Waals surface area contributed by atoms with Crippen LogP contribution in [0.25, 0.3) is 0 Å². The molecule has 0 fully saturated rings. The Bertz CT molecular complexity index is 932. The maximum absolute atomic E-state index is 12.8. The molecule has 5 heteroatoms. The van der Waals surface area contributed by atoms with Gasteiger partial charge in [-0.15, -0.1) is 0 Å². The minimum absolute atomic E-state index is 0.0930. The summed E-state index contributed by atoms with van der Waals surface area (Å²) in [7, 11) is 0. The van der Waals surface area contributed by atoms with E-state index in [-0.39, 0.29) is 18.5 Å². The van der Waals surface area contributed by atoms with Crippen LogP contribution in [0.3, 0.4) is 0 Å². The molecule has 0 N–H and O–H groups in total. The van der Waals surface area contributed by atoms with Crippen LogP contribution in [0.1, 0.15) is 329 Å². The zero-order valence-electron chi connectivity index (χ0n) is 43.8. The highest BCUT2D eigenvalue weighted by molar-refractivity contribution is 5.70. The predicted molar refractivity (Wildman–Crippen MR) is 279 cm³/mol. The van der Waals surface area contributed by atoms with Gasteiger partial charge in [0, 0.05) is 19.4 Å². The van der Waals surface area contributed by atoms with Crippen LogP contribution in [0, 0.1) is 0 Å². The van der Waals surface area contributed by atoms with Crippen molar-refractivity contribution in [1.29, 1.82) is 0 Å². The van der Waals surface area contributed by atoms with E-state index in [2.05, 4.69) is 32.9 Å². The maximum atomic E-state index is 12.8. The molecule has 0 rings (SSSR count). The summed E-state index contributed by atoms with van der Waals surface area (Å²) in [5.41, 5.74) is 0. The third-order valence-electron chi connectivity index (χ3n) is 13.3. The molecule has 0 aromatic rings. The Kier molecular flexibility index (Phi) is 54.8. The van der Waals surface area contributed by atoms with Crippen LogP contribution < -0.4 is 0 Å². The van der Waals surface area contributed by atoms with Gasteiger partial charge in [0.2, 0.25) is 0 Å². The Balaban J connectivity index is 4.18. The van der Waals surface area contributed by atoms with Crippen molar-refractivity contribution in [3.05, 3.63) is 12.2 Å². The second kappa shape index (κ2) is 56.0. The summed E-state index contributed by atoms with van der Waals surface area (Å²) >= 11 is 0. The molecule has 0 aromatic carbocycles. The van der Waals surface area contributed by atoms with Gasteiger partial charge in [-0.2, -0.15) is 0 Å². The number of unbranched alkanes of at least 4 members (excludes halogenated alkanes) is 42. The molecule has 0 heterocycles. The summed E-state index contributed by atoms with van der Waals surface area (Å²) in [5, 5.41) is 0. The van der Waals surface area contributed by atoms with Crippen molar-refractivity contribution in [3.63, 3.8) is 0 Å². The summed E-state index contributed by atoms with van der Waals surface area (Å²) in [6, 6.07) is 0. The van der Waals surface area contributed by atoms with Crippen molar-refractivity contribution >= 4 is 11.9 Å². The van der Waals surface area contributed by atoms with E-state index in [1.807, 2.05) is 0 Å². The molecule has 5 nitrogen and oxygen atoms in total. The van der Waals surface area contributed by atoms with Gasteiger partial charge < -0.3 is 14.2 Å². The SMILES string of the molecule is CCCCCCCC/C=C\CCCCCCCCCC(=O)OCC(COCCCCCCCCCCCCCCCCCCCC)OC(=O)CCCCCCCCCCCCCCC. The molecule has 380 valence electrons. The van der Waals surface area contributed by atoms with Gasteiger partial charge in [-0.25, -0.2) is 0 Å². The smallest absolute Gasteiger partial charge is 0.306 e. The number of ether oxygens (including phenoxy) is 3. The number of carbonyl (C=O) groups is 2. The van der Waals surface area contributed by atoms with Crippen molar-refractivity contribution in [3.8, 4) is 0 Å². The van der Waals surface area contributed by atoms with Crippen LogP contribution in [-0.2, 0) is 23.8 Å². The van der Waals surface area contributed by atoms with E-state index in [0.717, 1.165) is 32.1 Å². The first-order chi connectivity index (χ1) is 31.6. The Morgan fingerprint density at radius 1 is 0.328 bits per heavy atom. The fourth-order valence-electron chi connectivity index (χ4n) is 8.92. The lowest BCUT2D eigenvalue weighted by molar-refractivity contribution is -0.163. The Morgan fingerprint density at radius 3 is 0.953 bits per heavy atom. The first-order valence-corrected chi connectivity index (χ1v) is 29.2. The number of rotatable bonds is 55. The quantitative estimate of drug-likeness (QED) is 0.0346. The third-order valence-corrected chi connectivity index (χ3v) is 13.3. The van der Waals surface area contributed by atoms with E-state index in [1.165, 1.54) is 263 Å². The van der Waals surface area contributed by atoms with E-state index in [1.54, 1.807) is 0 Å². The Labute approximate surface area is 401 Å². The summed E-state index contributed by atoms with van der Waals surface area (Å²) < 4.78 is 17.5. The average molecular weight is 904 g/mol. The van der Waals surface area contributed by atoms with E-state index in [9.17, 15) is 9.59 Å². The minimum atomic E-state index is -0.528. The standard InChI is InChI=1S/C59H114O5/c1-4-7-10-13-16-19-22-25-27-29-31-33-36-39-42-45-48-51-54-62-55-57(64-59(61)53-50-47-44-41-38-34-24-21-18-15-12-9-6-3)56-63-58(60)52-49-46-43-40-37-35-32-30-28-26-23-20-17-14-11-8-5-2/h26,28,57H,4-25,27,29-56H2,1-3H3/b28-26-. The minimum Gasteiger partial charge on any atom is -0.462 e. The lowest BCUT2D eigenvalue weighted by Gasteiger charge is -2.18. The zero-order chi connectivity index (χ0) is 46.3. The van der Waals surface area contributed by atoms with Gasteiger partial charge in [0.1, 0.15) is 6.61 Å². The molecule has 1 atom stereocenters. The summed E-state index contributed by atoms with van der Waals surface area (Å²) in [5.74, 6) is -0.376. The highest BCUT2D eigenvalue weighted by Crippen LogP contribution is 2.17. The van der Waals surface area contributed by atoms with Gasteiger partial charge in [0.15, 0.2) is 6.10 Å². The van der Waals surface area contributed by atoms with Crippen LogP contribution in [0.15, 0.2) is 12.2 Å². The third kappa shape index (κ3) is 53.3. The van der Waals surface area contributed by atoms with Crippen molar-refractivity contribution in [2.24, 2.45) is 0 Å². The van der Waals surface area contributed by atoms with Crippen molar-refractivity contribution in [2.75, 3.05) is 19.8 Å². The molecule has 0 aliphatic carbocycles. The van der Waals surface area contributed by atoms with E-state index in [4.69, 9.17) is 14.2 Å². The molecule has 0 aromatic heterocycles. The van der Waals surface area contributed by atoms with Gasteiger partial charge in [-0.3, -0.25) is 9.59 Å².